The fraction of sp³-hybridized carbons (Fsp3) is 0.211. The minimum Gasteiger partial charge on any atom is -0.596 e. The first kappa shape index (κ1) is 16.8. The van der Waals surface area contributed by atoms with Crippen molar-refractivity contribution in [1.29, 1.82) is 5.41 Å². The Morgan fingerprint density at radius 1 is 1.40 bits per heavy atom. The van der Waals surface area contributed by atoms with Gasteiger partial charge >= 0.3 is 0 Å². The summed E-state index contributed by atoms with van der Waals surface area (Å²) in [5.74, 6) is 0.359. The van der Waals surface area contributed by atoms with E-state index in [4.69, 9.17) is 10.5 Å². The van der Waals surface area contributed by atoms with Gasteiger partial charge in [-0.1, -0.05) is 12.2 Å². The topological polar surface area (TPSA) is 84.6 Å². The fourth-order valence-electron chi connectivity index (χ4n) is 2.70. The predicted octanol–water partition coefficient (Wildman–Crippen LogP) is 3.29. The molecule has 2 aliphatic carbocycles. The Morgan fingerprint density at radius 3 is 2.96 bits per heavy atom. The molecular weight excluding hydrogens is 319 g/mol. The Hall–Kier alpha value is -3.02. The van der Waals surface area contributed by atoms with Crippen molar-refractivity contribution in [3.05, 3.63) is 71.6 Å². The molecule has 1 aromatic rings. The van der Waals surface area contributed by atoms with Crippen LogP contribution >= 0.6 is 0 Å². The number of rotatable bonds is 4. The van der Waals surface area contributed by atoms with Gasteiger partial charge in [0.25, 0.3) is 0 Å². The van der Waals surface area contributed by atoms with Crippen LogP contribution in [0.3, 0.4) is 0 Å². The maximum absolute atomic E-state index is 13.1. The highest BCUT2D eigenvalue weighted by atomic mass is 19.1. The standard InChI is InChI=1S/C19H19FN4O/c1-2-22-19-23-10-9-17(24-19)13-5-8-16(21)15(11-13)18(25)12-3-6-14(20)7-4-12/h3,5-12,21,25H,2,4H2,1H3,(H,22,23,24)/p+1/b18-15-,21-16?. The van der Waals surface area contributed by atoms with Gasteiger partial charge in [0.2, 0.25) is 11.7 Å². The van der Waals surface area contributed by atoms with Crippen LogP contribution in [0.4, 0.5) is 10.3 Å². The molecule has 0 radical (unpaired) electrons. The molecule has 0 amide bonds. The number of halogens is 1. The zero-order chi connectivity index (χ0) is 17.8. The molecule has 0 bridgehead atoms. The zero-order valence-electron chi connectivity index (χ0n) is 13.9. The molecule has 128 valence electrons. The van der Waals surface area contributed by atoms with Crippen LogP contribution in [0.25, 0.3) is 5.57 Å². The Balaban J connectivity index is 1.94. The summed E-state index contributed by atoms with van der Waals surface area (Å²) in [4.78, 5) is 8.62. The molecule has 6 heteroatoms. The number of nitrogens with zero attached hydrogens (tertiary/aromatic N) is 2. The van der Waals surface area contributed by atoms with Crippen LogP contribution in [-0.2, 0) is 0 Å². The number of nitrogens with one attached hydrogen (secondary N) is 2. The summed E-state index contributed by atoms with van der Waals surface area (Å²) in [6.45, 7) is 2.70. The third kappa shape index (κ3) is 3.74. The highest BCUT2D eigenvalue weighted by Crippen LogP contribution is 2.29. The minimum absolute atomic E-state index is 0.221. The summed E-state index contributed by atoms with van der Waals surface area (Å²) in [5.41, 5.74) is 2.36. The second kappa shape index (κ2) is 7.25. The van der Waals surface area contributed by atoms with E-state index < -0.39 is 0 Å². The molecule has 2 aliphatic rings. The van der Waals surface area contributed by atoms with Gasteiger partial charge in [-0.15, -0.1) is 0 Å². The Bertz CT molecular complexity index is 849. The molecule has 1 heterocycles. The summed E-state index contributed by atoms with van der Waals surface area (Å²) in [6.07, 6.45) is 11.9. The molecule has 0 saturated carbocycles. The first-order valence-electron chi connectivity index (χ1n) is 8.14. The third-order valence-corrected chi connectivity index (χ3v) is 4.02. The number of anilines is 1. The van der Waals surface area contributed by atoms with E-state index in [-0.39, 0.29) is 17.5 Å². The first-order chi connectivity index (χ1) is 12.1. The number of allylic oxidation sites excluding steroid dienone is 9. The molecule has 25 heavy (non-hydrogen) atoms. The van der Waals surface area contributed by atoms with Gasteiger partial charge in [-0.3, -0.25) is 5.41 Å². The van der Waals surface area contributed by atoms with Crippen LogP contribution in [0, 0.1) is 11.3 Å². The number of aromatic nitrogens is 2. The summed E-state index contributed by atoms with van der Waals surface area (Å²) < 4.78 is 13.1. The number of hydrogen-bond acceptors (Lipinski definition) is 4. The predicted molar refractivity (Wildman–Crippen MR) is 98.1 cm³/mol. The molecule has 0 aliphatic heterocycles. The van der Waals surface area contributed by atoms with Gasteiger partial charge in [0.1, 0.15) is 5.83 Å². The van der Waals surface area contributed by atoms with Gasteiger partial charge in [0.05, 0.1) is 22.9 Å². The smallest absolute Gasteiger partial charge is 0.245 e. The van der Waals surface area contributed by atoms with Crippen LogP contribution in [0.5, 0.6) is 0 Å². The van der Waals surface area contributed by atoms with Crippen molar-refractivity contribution < 1.29 is 9.50 Å². The third-order valence-electron chi connectivity index (χ3n) is 4.02. The van der Waals surface area contributed by atoms with Crippen molar-refractivity contribution in [2.45, 2.75) is 13.3 Å². The normalized spacial score (nSPS) is 21.7. The van der Waals surface area contributed by atoms with Gasteiger partial charge in [-0.05, 0) is 43.7 Å². The lowest BCUT2D eigenvalue weighted by Crippen LogP contribution is -2.11. The Morgan fingerprint density at radius 2 is 2.24 bits per heavy atom. The van der Waals surface area contributed by atoms with E-state index in [1.807, 2.05) is 13.0 Å². The van der Waals surface area contributed by atoms with E-state index in [9.17, 15) is 4.39 Å². The molecule has 0 saturated heterocycles. The highest BCUT2D eigenvalue weighted by molar-refractivity contribution is 6.13. The van der Waals surface area contributed by atoms with E-state index in [0.29, 0.717) is 23.7 Å². The van der Waals surface area contributed by atoms with E-state index in [1.54, 1.807) is 30.5 Å². The van der Waals surface area contributed by atoms with Crippen molar-refractivity contribution in [1.82, 2.24) is 9.97 Å². The van der Waals surface area contributed by atoms with Gasteiger partial charge in [0, 0.05) is 18.3 Å². The Labute approximate surface area is 145 Å². The molecule has 3 rings (SSSR count). The van der Waals surface area contributed by atoms with Crippen LogP contribution in [0.15, 0.2) is 65.9 Å². The van der Waals surface area contributed by atoms with Gasteiger partial charge < -0.3 is 10.4 Å². The SMILES string of the molecule is CCNc1nccc(C2=C/C(=C(/[OH2+])C3C=CC(F)=CC3)C(=N)C=C2)n1. The lowest BCUT2D eigenvalue weighted by molar-refractivity contribution is 0.352. The minimum atomic E-state index is -0.277. The van der Waals surface area contributed by atoms with E-state index in [1.165, 1.54) is 12.2 Å². The summed E-state index contributed by atoms with van der Waals surface area (Å²) in [6, 6.07) is 1.80. The summed E-state index contributed by atoms with van der Waals surface area (Å²) in [5, 5.41) is 19.6. The molecular formula is C19H20FN4O+. The fourth-order valence-corrected chi connectivity index (χ4v) is 2.70. The molecule has 5 nitrogen and oxygen atoms in total. The van der Waals surface area contributed by atoms with Gasteiger partial charge in [0.15, 0.2) is 0 Å². The largest absolute Gasteiger partial charge is 0.596 e. The second-order valence-electron chi connectivity index (χ2n) is 5.76. The van der Waals surface area contributed by atoms with Crippen molar-refractivity contribution >= 4 is 17.2 Å². The van der Waals surface area contributed by atoms with E-state index >= 15 is 0 Å². The van der Waals surface area contributed by atoms with Crippen LogP contribution in [-0.4, -0.2) is 27.3 Å². The van der Waals surface area contributed by atoms with Crippen molar-refractivity contribution in [3.8, 4) is 0 Å². The van der Waals surface area contributed by atoms with Crippen molar-refractivity contribution in [2.24, 2.45) is 5.92 Å². The average molecular weight is 339 g/mol. The van der Waals surface area contributed by atoms with E-state index in [2.05, 4.69) is 15.3 Å². The highest BCUT2D eigenvalue weighted by Gasteiger charge is 2.24. The monoisotopic (exact) mass is 339 g/mol. The lowest BCUT2D eigenvalue weighted by Gasteiger charge is -2.15. The molecule has 0 fully saturated rings. The molecule has 1 unspecified atom stereocenters. The lowest BCUT2D eigenvalue weighted by atomic mass is 9.90. The molecule has 1 atom stereocenters. The van der Waals surface area contributed by atoms with Crippen LogP contribution in [0.2, 0.25) is 0 Å². The quantitative estimate of drug-likeness (QED) is 0.652. The van der Waals surface area contributed by atoms with Gasteiger partial charge in [-0.2, -0.15) is 0 Å². The molecule has 4 N–H and O–H groups in total. The molecule has 1 aromatic heterocycles. The van der Waals surface area contributed by atoms with Crippen LogP contribution in [0.1, 0.15) is 19.0 Å². The Kier molecular flexibility index (Phi) is 4.88. The maximum atomic E-state index is 13.1. The average Bonchev–Trinajstić information content (AvgIpc) is 2.63. The first-order valence-corrected chi connectivity index (χ1v) is 8.14. The molecule has 0 spiro atoms. The van der Waals surface area contributed by atoms with Gasteiger partial charge in [-0.25, -0.2) is 14.4 Å². The summed E-state index contributed by atoms with van der Waals surface area (Å²) in [7, 11) is 0. The molecule has 0 aromatic carbocycles. The second-order valence-corrected chi connectivity index (χ2v) is 5.76. The van der Waals surface area contributed by atoms with Crippen LogP contribution < -0.4 is 5.32 Å². The summed E-state index contributed by atoms with van der Waals surface area (Å²) >= 11 is 0. The van der Waals surface area contributed by atoms with Crippen molar-refractivity contribution in [2.75, 3.05) is 11.9 Å². The van der Waals surface area contributed by atoms with E-state index in [0.717, 1.165) is 17.8 Å². The number of hydrogen-bond donors (Lipinski definition) is 2. The van der Waals surface area contributed by atoms with Crippen molar-refractivity contribution in [3.63, 3.8) is 0 Å². The zero-order valence-corrected chi connectivity index (χ0v) is 13.9. The maximum Gasteiger partial charge on any atom is 0.245 e.